The number of nitrogens with one attached hydrogen (secondary N) is 2. The summed E-state index contributed by atoms with van der Waals surface area (Å²) in [5.74, 6) is 1.67. The monoisotopic (exact) mass is 563 g/mol. The number of carbonyl (C=O) groups excluding carboxylic acids is 1. The normalized spacial score (nSPS) is 16.0. The molecule has 0 saturated carbocycles. The van der Waals surface area contributed by atoms with Crippen LogP contribution in [0.5, 0.6) is 11.5 Å². The van der Waals surface area contributed by atoms with Crippen LogP contribution in [0.25, 0.3) is 0 Å². The first-order valence-electron chi connectivity index (χ1n) is 10.7. The van der Waals surface area contributed by atoms with Crippen molar-refractivity contribution in [1.29, 1.82) is 0 Å². The summed E-state index contributed by atoms with van der Waals surface area (Å²) < 4.78 is 16.4. The number of nitrogens with two attached hydrogens (primary N) is 1. The van der Waals surface area contributed by atoms with Crippen LogP contribution < -0.4 is 25.8 Å². The van der Waals surface area contributed by atoms with Crippen LogP contribution in [-0.2, 0) is 9.53 Å². The van der Waals surface area contributed by atoms with E-state index in [0.29, 0.717) is 50.3 Å². The van der Waals surface area contributed by atoms with E-state index in [0.717, 1.165) is 18.7 Å². The van der Waals surface area contributed by atoms with Gasteiger partial charge >= 0.3 is 0 Å². The maximum Gasteiger partial charge on any atom is 0.224 e. The topological polar surface area (TPSA) is 110 Å². The molecule has 1 aromatic carbocycles. The summed E-state index contributed by atoms with van der Waals surface area (Å²) in [7, 11) is 3.27. The van der Waals surface area contributed by atoms with Gasteiger partial charge in [-0.25, -0.2) is 0 Å². The average molecular weight is 563 g/mol. The second kappa shape index (κ2) is 13.7. The van der Waals surface area contributed by atoms with E-state index in [4.69, 9.17) is 19.9 Å². The number of morpholine rings is 1. The first-order valence-corrected chi connectivity index (χ1v) is 10.7. The van der Waals surface area contributed by atoms with E-state index in [-0.39, 0.29) is 35.9 Å². The van der Waals surface area contributed by atoms with Gasteiger partial charge in [0.25, 0.3) is 0 Å². The highest BCUT2D eigenvalue weighted by Gasteiger charge is 2.26. The highest BCUT2D eigenvalue weighted by atomic mass is 127. The Balaban J connectivity index is 0.00000512. The number of methoxy groups -OCH3 is 2. The third-order valence-corrected chi connectivity index (χ3v) is 5.39. The fraction of sp³-hybridized carbons (Fsp3) is 0.636. The van der Waals surface area contributed by atoms with E-state index in [1.165, 1.54) is 0 Å². The molecule has 10 heteroatoms. The van der Waals surface area contributed by atoms with Crippen molar-refractivity contribution >= 4 is 35.8 Å². The zero-order valence-corrected chi connectivity index (χ0v) is 22.1. The molecular weight excluding hydrogens is 525 g/mol. The maximum absolute atomic E-state index is 11.6. The van der Waals surface area contributed by atoms with Gasteiger partial charge in [0.05, 0.1) is 45.4 Å². The Morgan fingerprint density at radius 2 is 1.88 bits per heavy atom. The number of amides is 1. The zero-order chi connectivity index (χ0) is 22.9. The van der Waals surface area contributed by atoms with Crippen molar-refractivity contribution in [2.45, 2.75) is 26.8 Å². The summed E-state index contributed by atoms with van der Waals surface area (Å²) in [6.07, 6.45) is 0. The Bertz CT molecular complexity index is 754. The molecule has 1 aromatic rings. The van der Waals surface area contributed by atoms with Gasteiger partial charge in [-0.3, -0.25) is 14.7 Å². The second-order valence-electron chi connectivity index (χ2n) is 8.10. The zero-order valence-electron chi connectivity index (χ0n) is 19.8. The Labute approximate surface area is 208 Å². The van der Waals surface area contributed by atoms with Crippen LogP contribution in [0.15, 0.2) is 23.2 Å². The molecule has 1 heterocycles. The number of ether oxygens (including phenoxy) is 3. The van der Waals surface area contributed by atoms with Crippen molar-refractivity contribution in [1.82, 2.24) is 15.5 Å². The van der Waals surface area contributed by atoms with Crippen LogP contribution in [0, 0.1) is 5.41 Å². The predicted molar refractivity (Wildman–Crippen MR) is 137 cm³/mol. The molecule has 1 aliphatic rings. The lowest BCUT2D eigenvalue weighted by molar-refractivity contribution is -0.125. The Morgan fingerprint density at radius 3 is 2.44 bits per heavy atom. The first kappa shape index (κ1) is 28.2. The van der Waals surface area contributed by atoms with Crippen molar-refractivity contribution in [3.63, 3.8) is 0 Å². The van der Waals surface area contributed by atoms with Gasteiger partial charge in [-0.05, 0) is 38.5 Å². The minimum atomic E-state index is -0.713. The molecule has 0 spiro atoms. The molecule has 2 rings (SSSR count). The van der Waals surface area contributed by atoms with Crippen LogP contribution in [-0.4, -0.2) is 76.9 Å². The maximum atomic E-state index is 11.6. The number of primary amides is 1. The largest absolute Gasteiger partial charge is 0.493 e. The lowest BCUT2D eigenvalue weighted by Crippen LogP contribution is -2.46. The third kappa shape index (κ3) is 7.96. The molecule has 0 bridgehead atoms. The Kier molecular flexibility index (Phi) is 12.1. The smallest absolute Gasteiger partial charge is 0.224 e. The van der Waals surface area contributed by atoms with Crippen LogP contribution >= 0.6 is 24.0 Å². The first-order chi connectivity index (χ1) is 14.8. The van der Waals surface area contributed by atoms with E-state index in [9.17, 15) is 4.79 Å². The molecule has 1 unspecified atom stereocenters. The van der Waals surface area contributed by atoms with Gasteiger partial charge in [0.1, 0.15) is 0 Å². The molecule has 1 fully saturated rings. The van der Waals surface area contributed by atoms with Gasteiger partial charge in [-0.1, -0.05) is 6.07 Å². The summed E-state index contributed by atoms with van der Waals surface area (Å²) in [6.45, 7) is 10.3. The molecule has 1 amide bonds. The number of rotatable bonds is 10. The van der Waals surface area contributed by atoms with E-state index >= 15 is 0 Å². The Hall–Kier alpha value is -1.79. The highest BCUT2D eigenvalue weighted by molar-refractivity contribution is 14.0. The summed E-state index contributed by atoms with van der Waals surface area (Å²) >= 11 is 0. The minimum Gasteiger partial charge on any atom is -0.493 e. The van der Waals surface area contributed by atoms with Crippen LogP contribution in [0.3, 0.4) is 0 Å². The molecule has 0 aromatic heterocycles. The molecular formula is C22H38IN5O4. The number of hydrogen-bond acceptors (Lipinski definition) is 6. The SMILES string of the molecule is CCNC(=NCC(C)(C)C(N)=O)NCC(c1ccc(OC)c(OC)c1)N1CCOCC1.I. The number of hydrogen-bond donors (Lipinski definition) is 3. The molecule has 1 aliphatic heterocycles. The van der Waals surface area contributed by atoms with Crippen molar-refractivity contribution in [2.24, 2.45) is 16.1 Å². The molecule has 9 nitrogen and oxygen atoms in total. The molecule has 4 N–H and O–H groups in total. The van der Waals surface area contributed by atoms with Gasteiger partial charge < -0.3 is 30.6 Å². The lowest BCUT2D eigenvalue weighted by Gasteiger charge is -2.35. The van der Waals surface area contributed by atoms with E-state index in [2.05, 4.69) is 26.6 Å². The fourth-order valence-electron chi connectivity index (χ4n) is 3.30. The van der Waals surface area contributed by atoms with Crippen LogP contribution in [0.4, 0.5) is 0 Å². The van der Waals surface area contributed by atoms with E-state index in [1.807, 2.05) is 19.1 Å². The average Bonchev–Trinajstić information content (AvgIpc) is 2.77. The summed E-state index contributed by atoms with van der Waals surface area (Å²) in [4.78, 5) is 18.6. The number of carbonyl (C=O) groups is 1. The number of guanidine groups is 1. The summed E-state index contributed by atoms with van der Waals surface area (Å²) in [6, 6.07) is 6.08. The standard InChI is InChI=1S/C22H37N5O4.HI/c1-6-24-21(26-15-22(2,3)20(23)28)25-14-17(27-9-11-31-12-10-27)16-7-8-18(29-4)19(13-16)30-5;/h7-8,13,17H,6,9-12,14-15H2,1-5H3,(H2,23,28)(H2,24,25,26);1H. The number of nitrogens with zero attached hydrogens (tertiary/aromatic N) is 2. The summed E-state index contributed by atoms with van der Waals surface area (Å²) in [5, 5.41) is 6.67. The number of aliphatic imine (C=N–C) groups is 1. The van der Waals surface area contributed by atoms with Crippen molar-refractivity contribution in [2.75, 3.05) is 60.2 Å². The molecule has 1 atom stereocenters. The van der Waals surface area contributed by atoms with Gasteiger partial charge in [-0.2, -0.15) is 0 Å². The molecule has 0 radical (unpaired) electrons. The quantitative estimate of drug-likeness (QED) is 0.226. The van der Waals surface area contributed by atoms with E-state index < -0.39 is 5.41 Å². The van der Waals surface area contributed by atoms with E-state index in [1.54, 1.807) is 28.1 Å². The number of benzene rings is 1. The summed E-state index contributed by atoms with van der Waals surface area (Å²) in [5.41, 5.74) is 5.89. The Morgan fingerprint density at radius 1 is 1.22 bits per heavy atom. The fourth-order valence-corrected chi connectivity index (χ4v) is 3.30. The molecule has 32 heavy (non-hydrogen) atoms. The van der Waals surface area contributed by atoms with Crippen molar-refractivity contribution in [3.05, 3.63) is 23.8 Å². The predicted octanol–water partition coefficient (Wildman–Crippen LogP) is 1.76. The molecule has 0 aliphatic carbocycles. The number of halogens is 1. The second-order valence-corrected chi connectivity index (χ2v) is 8.10. The van der Waals surface area contributed by atoms with Gasteiger partial charge in [0.15, 0.2) is 17.5 Å². The van der Waals surface area contributed by atoms with Crippen LogP contribution in [0.1, 0.15) is 32.4 Å². The highest BCUT2D eigenvalue weighted by Crippen LogP contribution is 2.32. The van der Waals surface area contributed by atoms with Gasteiger partial charge in [-0.15, -0.1) is 24.0 Å². The van der Waals surface area contributed by atoms with Crippen LogP contribution in [0.2, 0.25) is 0 Å². The molecule has 182 valence electrons. The van der Waals surface area contributed by atoms with Crippen molar-refractivity contribution in [3.8, 4) is 11.5 Å². The van der Waals surface area contributed by atoms with Crippen molar-refractivity contribution < 1.29 is 19.0 Å². The minimum absolute atomic E-state index is 0. The molecule has 1 saturated heterocycles. The van der Waals surface area contributed by atoms with Gasteiger partial charge in [0, 0.05) is 26.2 Å². The lowest BCUT2D eigenvalue weighted by atomic mass is 9.93. The van der Waals surface area contributed by atoms with Gasteiger partial charge in [0.2, 0.25) is 5.91 Å². The third-order valence-electron chi connectivity index (χ3n) is 5.39.